The third-order valence-electron chi connectivity index (χ3n) is 10.6. The van der Waals surface area contributed by atoms with Crippen molar-refractivity contribution in [3.63, 3.8) is 0 Å². The molecule has 0 aromatic heterocycles. The van der Waals surface area contributed by atoms with Crippen molar-refractivity contribution < 1.29 is 33.2 Å². The fourth-order valence-electron chi connectivity index (χ4n) is 7.32. The number of ether oxygens (including phenoxy) is 7. The van der Waals surface area contributed by atoms with E-state index in [-0.39, 0.29) is 35.6 Å². The zero-order valence-corrected chi connectivity index (χ0v) is 26.6. The predicted molar refractivity (Wildman–Crippen MR) is 165 cm³/mol. The molecule has 6 aliphatic rings. The van der Waals surface area contributed by atoms with Crippen LogP contribution >= 0.6 is 0 Å². The maximum atomic E-state index is 7.41. The lowest BCUT2D eigenvalue weighted by molar-refractivity contribution is -0.271. The molecule has 4 aliphatic carbocycles. The lowest BCUT2D eigenvalue weighted by atomic mass is 9.73. The summed E-state index contributed by atoms with van der Waals surface area (Å²) in [6.07, 6.45) is 24.1. The first kappa shape index (κ1) is 31.0. The number of allylic oxidation sites excluding steroid dienone is 8. The van der Waals surface area contributed by atoms with Crippen LogP contribution in [-0.2, 0) is 33.2 Å². The normalized spacial score (nSPS) is 25.4. The average molecular weight is 599 g/mol. The van der Waals surface area contributed by atoms with Crippen molar-refractivity contribution in [1.82, 2.24) is 0 Å². The maximum absolute atomic E-state index is 7.41. The fourth-order valence-corrected chi connectivity index (χ4v) is 7.32. The number of hydrogen-bond donors (Lipinski definition) is 0. The maximum Gasteiger partial charge on any atom is 0.242 e. The van der Waals surface area contributed by atoms with Crippen LogP contribution in [0.15, 0.2) is 47.3 Å². The highest BCUT2D eigenvalue weighted by atomic mass is 16.7. The van der Waals surface area contributed by atoms with Gasteiger partial charge >= 0.3 is 0 Å². The second-order valence-corrected chi connectivity index (χ2v) is 13.6. The second kappa shape index (κ2) is 14.4. The van der Waals surface area contributed by atoms with Gasteiger partial charge in [-0.15, -0.1) is 0 Å². The summed E-state index contributed by atoms with van der Waals surface area (Å²) in [5.74, 6) is 4.23. The highest BCUT2D eigenvalue weighted by Crippen LogP contribution is 2.46. The van der Waals surface area contributed by atoms with Crippen LogP contribution in [0.25, 0.3) is 0 Å². The first-order chi connectivity index (χ1) is 21.1. The molecular formula is C36H54O7. The van der Waals surface area contributed by atoms with Gasteiger partial charge in [0, 0.05) is 49.4 Å². The largest absolute Gasteiger partial charge is 0.460 e. The van der Waals surface area contributed by atoms with Crippen molar-refractivity contribution in [3.05, 3.63) is 47.3 Å². The molecule has 2 fully saturated rings. The van der Waals surface area contributed by atoms with Crippen LogP contribution < -0.4 is 0 Å². The van der Waals surface area contributed by atoms with Crippen molar-refractivity contribution in [2.75, 3.05) is 26.4 Å². The Labute approximate surface area is 259 Å². The molecule has 2 saturated heterocycles. The molecule has 2 unspecified atom stereocenters. The van der Waals surface area contributed by atoms with Crippen LogP contribution in [0.5, 0.6) is 0 Å². The summed E-state index contributed by atoms with van der Waals surface area (Å²) < 4.78 is 45.5. The Morgan fingerprint density at radius 3 is 1.09 bits per heavy atom. The summed E-state index contributed by atoms with van der Waals surface area (Å²) in [4.78, 5) is 0. The van der Waals surface area contributed by atoms with Crippen molar-refractivity contribution in [2.45, 2.75) is 141 Å². The SMILES string of the molecule is CCC1(C(CC(OC2=CCCC2)OC2=CCCC2)OC(CC(OC2=CCCC2)OC2=CCCC2)C2(CC)COC2)COC1. The minimum Gasteiger partial charge on any atom is -0.460 e. The summed E-state index contributed by atoms with van der Waals surface area (Å²) in [5.41, 5.74) is -0.147. The van der Waals surface area contributed by atoms with E-state index >= 15 is 0 Å². The molecule has 7 nitrogen and oxygen atoms in total. The Morgan fingerprint density at radius 1 is 0.558 bits per heavy atom. The van der Waals surface area contributed by atoms with E-state index in [9.17, 15) is 0 Å². The van der Waals surface area contributed by atoms with E-state index in [1.165, 1.54) is 0 Å². The third kappa shape index (κ3) is 7.48. The van der Waals surface area contributed by atoms with Gasteiger partial charge in [-0.2, -0.15) is 0 Å². The van der Waals surface area contributed by atoms with Gasteiger partial charge in [-0.3, -0.25) is 0 Å². The zero-order chi connectivity index (χ0) is 29.5. The van der Waals surface area contributed by atoms with Gasteiger partial charge in [-0.25, -0.2) is 0 Å². The molecule has 7 heteroatoms. The molecule has 43 heavy (non-hydrogen) atoms. The Kier molecular flexibility index (Phi) is 10.4. The van der Waals surface area contributed by atoms with E-state index in [4.69, 9.17) is 33.2 Å². The van der Waals surface area contributed by atoms with Crippen molar-refractivity contribution in [2.24, 2.45) is 10.8 Å². The highest BCUT2D eigenvalue weighted by Gasteiger charge is 2.52. The van der Waals surface area contributed by atoms with Crippen molar-refractivity contribution >= 4 is 0 Å². The van der Waals surface area contributed by atoms with E-state index in [0.717, 1.165) is 113 Å². The van der Waals surface area contributed by atoms with Crippen LogP contribution in [0.4, 0.5) is 0 Å². The van der Waals surface area contributed by atoms with E-state index in [2.05, 4.69) is 38.2 Å². The predicted octanol–water partition coefficient (Wildman–Crippen LogP) is 8.36. The number of hydrogen-bond acceptors (Lipinski definition) is 7. The smallest absolute Gasteiger partial charge is 0.242 e. The molecule has 0 aromatic carbocycles. The zero-order valence-electron chi connectivity index (χ0n) is 26.6. The lowest BCUT2D eigenvalue weighted by Gasteiger charge is -2.52. The highest BCUT2D eigenvalue weighted by molar-refractivity contribution is 5.05. The molecule has 0 aromatic rings. The summed E-state index contributed by atoms with van der Waals surface area (Å²) >= 11 is 0. The molecule has 0 saturated carbocycles. The van der Waals surface area contributed by atoms with Crippen molar-refractivity contribution in [1.29, 1.82) is 0 Å². The van der Waals surface area contributed by atoms with Gasteiger partial charge in [0.2, 0.25) is 12.6 Å². The molecule has 240 valence electrons. The fraction of sp³-hybridized carbons (Fsp3) is 0.778. The van der Waals surface area contributed by atoms with Gasteiger partial charge in [0.1, 0.15) is 0 Å². The monoisotopic (exact) mass is 598 g/mol. The van der Waals surface area contributed by atoms with Gasteiger partial charge in [-0.05, 0) is 88.5 Å². The molecule has 0 spiro atoms. The molecule has 0 bridgehead atoms. The number of rotatable bonds is 18. The standard InChI is InChI=1S/C36H54O7/c1-3-35(23-37-24-35)31(21-33(39-27-13-5-6-14-27)40-28-15-7-8-16-28)43-32(36(4-2)25-38-26-36)22-34(41-29-17-9-10-18-29)42-30-19-11-12-20-30/h13,15,17,19,31-34H,3-12,14,16,18,20-26H2,1-2H3. The Balaban J connectivity index is 1.25. The van der Waals surface area contributed by atoms with E-state index < -0.39 is 0 Å². The first-order valence-corrected chi connectivity index (χ1v) is 17.3. The van der Waals surface area contributed by atoms with Gasteiger partial charge in [0.25, 0.3) is 0 Å². The van der Waals surface area contributed by atoms with Crippen LogP contribution in [0, 0.1) is 10.8 Å². The second-order valence-electron chi connectivity index (χ2n) is 13.6. The van der Waals surface area contributed by atoms with Crippen LogP contribution in [-0.4, -0.2) is 51.2 Å². The van der Waals surface area contributed by atoms with Crippen LogP contribution in [0.2, 0.25) is 0 Å². The molecule has 6 rings (SSSR count). The van der Waals surface area contributed by atoms with Crippen LogP contribution in [0.1, 0.15) is 117 Å². The molecule has 0 N–H and O–H groups in total. The minimum atomic E-state index is -0.380. The molecule has 0 radical (unpaired) electrons. The summed E-state index contributed by atoms with van der Waals surface area (Å²) in [6.45, 7) is 7.32. The van der Waals surface area contributed by atoms with Gasteiger partial charge in [0.15, 0.2) is 0 Å². The molecular weight excluding hydrogens is 544 g/mol. The Bertz CT molecular complexity index is 905. The minimum absolute atomic E-state index is 0.0734. The van der Waals surface area contributed by atoms with E-state index in [1.54, 1.807) is 0 Å². The topological polar surface area (TPSA) is 64.6 Å². The van der Waals surface area contributed by atoms with Gasteiger partial charge < -0.3 is 33.2 Å². The summed E-state index contributed by atoms with van der Waals surface area (Å²) in [5, 5.41) is 0. The van der Waals surface area contributed by atoms with Crippen LogP contribution in [0.3, 0.4) is 0 Å². The quantitative estimate of drug-likeness (QED) is 0.147. The molecule has 2 heterocycles. The van der Waals surface area contributed by atoms with Gasteiger partial charge in [-0.1, -0.05) is 13.8 Å². The van der Waals surface area contributed by atoms with E-state index in [1.807, 2.05) is 0 Å². The Hall–Kier alpha value is -1.96. The van der Waals surface area contributed by atoms with Crippen molar-refractivity contribution in [3.8, 4) is 0 Å². The Morgan fingerprint density at radius 2 is 0.884 bits per heavy atom. The first-order valence-electron chi connectivity index (χ1n) is 17.3. The molecule has 2 atom stereocenters. The van der Waals surface area contributed by atoms with E-state index in [0.29, 0.717) is 39.3 Å². The average Bonchev–Trinajstić information content (AvgIpc) is 3.78. The summed E-state index contributed by atoms with van der Waals surface area (Å²) in [6, 6.07) is 0. The summed E-state index contributed by atoms with van der Waals surface area (Å²) in [7, 11) is 0. The third-order valence-corrected chi connectivity index (χ3v) is 10.6. The molecule has 0 amide bonds. The van der Waals surface area contributed by atoms with Gasteiger partial charge in [0.05, 0.1) is 61.7 Å². The molecule has 2 aliphatic heterocycles. The lowest BCUT2D eigenvalue weighted by Crippen LogP contribution is -2.59.